The Hall–Kier alpha value is -1.20. The van der Waals surface area contributed by atoms with E-state index in [0.717, 1.165) is 12.1 Å². The molecule has 0 aromatic carbocycles. The number of hydrogen-bond donors (Lipinski definition) is 1. The Kier molecular flexibility index (Phi) is 3.60. The summed E-state index contributed by atoms with van der Waals surface area (Å²) < 4.78 is 0. The van der Waals surface area contributed by atoms with Crippen LogP contribution in [0, 0.1) is 0 Å². The molecule has 0 saturated heterocycles. The second-order valence-corrected chi connectivity index (χ2v) is 3.26. The SMILES string of the molecule is CCCC1=C(C)C=C=CC(NC)=C1. The largest absolute Gasteiger partial charge is 0.388 e. The lowest BCUT2D eigenvalue weighted by atomic mass is 10.0. The summed E-state index contributed by atoms with van der Waals surface area (Å²) in [6, 6.07) is 0. The topological polar surface area (TPSA) is 12.0 Å². The van der Waals surface area contributed by atoms with Crippen LogP contribution in [0.2, 0.25) is 0 Å². The standard InChI is InChI=1S/C12H17N/c1-4-6-11-9-12(13-3)8-5-7-10(11)2/h7-9,13H,4,6H2,1-3H3. The van der Waals surface area contributed by atoms with Crippen LogP contribution in [0.15, 0.2) is 40.8 Å². The predicted octanol–water partition coefficient (Wildman–Crippen LogP) is 2.93. The Morgan fingerprint density at radius 2 is 2.15 bits per heavy atom. The quantitative estimate of drug-likeness (QED) is 0.650. The smallest absolute Gasteiger partial charge is 0.0418 e. The third-order valence-electron chi connectivity index (χ3n) is 2.18. The summed E-state index contributed by atoms with van der Waals surface area (Å²) in [5.41, 5.74) is 7.02. The highest BCUT2D eigenvalue weighted by molar-refractivity contribution is 5.39. The maximum absolute atomic E-state index is 3.15. The van der Waals surface area contributed by atoms with E-state index in [1.165, 1.54) is 17.6 Å². The number of allylic oxidation sites excluding steroid dienone is 4. The first-order valence-electron chi connectivity index (χ1n) is 4.79. The van der Waals surface area contributed by atoms with Crippen LogP contribution in [-0.2, 0) is 0 Å². The zero-order valence-electron chi connectivity index (χ0n) is 8.65. The van der Waals surface area contributed by atoms with Crippen molar-refractivity contribution >= 4 is 0 Å². The first-order valence-corrected chi connectivity index (χ1v) is 4.79. The molecule has 0 amide bonds. The Bertz CT molecular complexity index is 299. The molecule has 0 saturated carbocycles. The molecule has 0 unspecified atom stereocenters. The van der Waals surface area contributed by atoms with Gasteiger partial charge < -0.3 is 5.32 Å². The van der Waals surface area contributed by atoms with Gasteiger partial charge >= 0.3 is 0 Å². The van der Waals surface area contributed by atoms with Gasteiger partial charge in [0, 0.05) is 18.8 Å². The van der Waals surface area contributed by atoms with Crippen molar-refractivity contribution in [1.82, 2.24) is 5.32 Å². The highest BCUT2D eigenvalue weighted by Crippen LogP contribution is 2.17. The third-order valence-corrected chi connectivity index (χ3v) is 2.18. The molecule has 1 aliphatic rings. The van der Waals surface area contributed by atoms with Crippen LogP contribution >= 0.6 is 0 Å². The molecule has 70 valence electrons. The fraction of sp³-hybridized carbons (Fsp3) is 0.417. The molecule has 1 aliphatic carbocycles. The Labute approximate surface area is 80.5 Å². The molecule has 1 nitrogen and oxygen atoms in total. The van der Waals surface area contributed by atoms with E-state index < -0.39 is 0 Å². The van der Waals surface area contributed by atoms with Gasteiger partial charge in [0.25, 0.3) is 0 Å². The van der Waals surface area contributed by atoms with Gasteiger partial charge in [-0.05, 0) is 36.6 Å². The Morgan fingerprint density at radius 1 is 1.38 bits per heavy atom. The van der Waals surface area contributed by atoms with E-state index in [4.69, 9.17) is 0 Å². The van der Waals surface area contributed by atoms with Gasteiger partial charge in [-0.15, -0.1) is 5.73 Å². The second kappa shape index (κ2) is 4.74. The Balaban J connectivity index is 2.97. The van der Waals surface area contributed by atoms with Crippen molar-refractivity contribution in [3.8, 4) is 0 Å². The summed E-state index contributed by atoms with van der Waals surface area (Å²) in [7, 11) is 1.94. The van der Waals surface area contributed by atoms with Crippen molar-refractivity contribution in [2.75, 3.05) is 7.05 Å². The molecule has 0 radical (unpaired) electrons. The van der Waals surface area contributed by atoms with E-state index in [1.807, 2.05) is 19.2 Å². The minimum atomic E-state index is 1.14. The summed E-state index contributed by atoms with van der Waals surface area (Å²) in [6.45, 7) is 4.34. The Morgan fingerprint density at radius 3 is 2.77 bits per heavy atom. The normalized spacial score (nSPS) is 15.8. The maximum Gasteiger partial charge on any atom is 0.0418 e. The van der Waals surface area contributed by atoms with Crippen LogP contribution in [-0.4, -0.2) is 7.05 Å². The lowest BCUT2D eigenvalue weighted by Crippen LogP contribution is -2.02. The fourth-order valence-electron chi connectivity index (χ4n) is 1.38. The van der Waals surface area contributed by atoms with Crippen molar-refractivity contribution < 1.29 is 0 Å². The van der Waals surface area contributed by atoms with Crippen molar-refractivity contribution in [2.45, 2.75) is 26.7 Å². The molecule has 0 aliphatic heterocycles. The number of hydrogen-bond acceptors (Lipinski definition) is 1. The lowest BCUT2D eigenvalue weighted by Gasteiger charge is -2.04. The fourth-order valence-corrected chi connectivity index (χ4v) is 1.38. The molecule has 13 heavy (non-hydrogen) atoms. The van der Waals surface area contributed by atoms with Gasteiger partial charge in [-0.3, -0.25) is 0 Å². The molecule has 0 aromatic heterocycles. The minimum absolute atomic E-state index is 1.14. The molecule has 1 rings (SSSR count). The highest BCUT2D eigenvalue weighted by atomic mass is 14.8. The van der Waals surface area contributed by atoms with Gasteiger partial charge in [0.2, 0.25) is 0 Å². The van der Waals surface area contributed by atoms with E-state index in [0.29, 0.717) is 0 Å². The first-order chi connectivity index (χ1) is 6.27. The molecule has 0 heterocycles. The van der Waals surface area contributed by atoms with Crippen LogP contribution in [0.4, 0.5) is 0 Å². The lowest BCUT2D eigenvalue weighted by molar-refractivity contribution is 0.910. The zero-order chi connectivity index (χ0) is 9.68. The van der Waals surface area contributed by atoms with Crippen molar-refractivity contribution in [3.63, 3.8) is 0 Å². The van der Waals surface area contributed by atoms with Gasteiger partial charge in [-0.1, -0.05) is 13.3 Å². The molecule has 1 N–H and O–H groups in total. The maximum atomic E-state index is 3.15. The van der Waals surface area contributed by atoms with Gasteiger partial charge in [-0.2, -0.15) is 0 Å². The van der Waals surface area contributed by atoms with E-state index in [2.05, 4.69) is 31.0 Å². The predicted molar refractivity (Wildman–Crippen MR) is 57.4 cm³/mol. The minimum Gasteiger partial charge on any atom is -0.388 e. The molecule has 0 aromatic rings. The highest BCUT2D eigenvalue weighted by Gasteiger charge is 2.00. The van der Waals surface area contributed by atoms with Crippen LogP contribution in [0.1, 0.15) is 26.7 Å². The van der Waals surface area contributed by atoms with Gasteiger partial charge in [-0.25, -0.2) is 0 Å². The molecular weight excluding hydrogens is 158 g/mol. The molecule has 0 spiro atoms. The van der Waals surface area contributed by atoms with E-state index in [1.54, 1.807) is 0 Å². The second-order valence-electron chi connectivity index (χ2n) is 3.26. The van der Waals surface area contributed by atoms with E-state index in [9.17, 15) is 0 Å². The zero-order valence-corrected chi connectivity index (χ0v) is 8.65. The molecule has 0 bridgehead atoms. The van der Waals surface area contributed by atoms with Crippen molar-refractivity contribution in [2.24, 2.45) is 0 Å². The summed E-state index contributed by atoms with van der Waals surface area (Å²) >= 11 is 0. The monoisotopic (exact) mass is 175 g/mol. The summed E-state index contributed by atoms with van der Waals surface area (Å²) in [4.78, 5) is 0. The van der Waals surface area contributed by atoms with E-state index in [-0.39, 0.29) is 0 Å². The summed E-state index contributed by atoms with van der Waals surface area (Å²) in [5, 5.41) is 3.14. The van der Waals surface area contributed by atoms with Gasteiger partial charge in [0.15, 0.2) is 0 Å². The number of nitrogens with one attached hydrogen (secondary N) is 1. The van der Waals surface area contributed by atoms with Crippen LogP contribution in [0.25, 0.3) is 0 Å². The van der Waals surface area contributed by atoms with Crippen LogP contribution < -0.4 is 5.32 Å². The average Bonchev–Trinajstić information content (AvgIpc) is 2.30. The average molecular weight is 175 g/mol. The summed E-state index contributed by atoms with van der Waals surface area (Å²) in [6.07, 6.45) is 8.56. The van der Waals surface area contributed by atoms with Crippen LogP contribution in [0.3, 0.4) is 0 Å². The van der Waals surface area contributed by atoms with Crippen LogP contribution in [0.5, 0.6) is 0 Å². The molecule has 0 atom stereocenters. The number of rotatable bonds is 3. The van der Waals surface area contributed by atoms with Crippen molar-refractivity contribution in [1.29, 1.82) is 0 Å². The van der Waals surface area contributed by atoms with E-state index >= 15 is 0 Å². The van der Waals surface area contributed by atoms with Gasteiger partial charge in [0.05, 0.1) is 0 Å². The molecular formula is C12H17N. The van der Waals surface area contributed by atoms with Crippen molar-refractivity contribution in [3.05, 3.63) is 40.8 Å². The number of likely N-dealkylation sites (N-methyl/N-ethyl adjacent to an activating group) is 1. The van der Waals surface area contributed by atoms with Gasteiger partial charge in [0.1, 0.15) is 0 Å². The molecule has 0 fully saturated rings. The first kappa shape index (κ1) is 9.88. The molecule has 1 heteroatoms. The summed E-state index contributed by atoms with van der Waals surface area (Å²) in [5.74, 6) is 0. The third kappa shape index (κ3) is 2.64.